The Hall–Kier alpha value is -1.06. The topological polar surface area (TPSA) is 29.5 Å². The van der Waals surface area contributed by atoms with Crippen molar-refractivity contribution < 1.29 is 9.53 Å². The van der Waals surface area contributed by atoms with Gasteiger partial charge in [0.15, 0.2) is 0 Å². The SMILES string of the molecule is Cc1cc(C(=O)N2CCOCC2)ccc1Cl. The van der Waals surface area contributed by atoms with E-state index >= 15 is 0 Å². The fourth-order valence-corrected chi connectivity index (χ4v) is 1.84. The van der Waals surface area contributed by atoms with Crippen molar-refractivity contribution in [3.8, 4) is 0 Å². The van der Waals surface area contributed by atoms with Crippen molar-refractivity contribution in [2.75, 3.05) is 26.3 Å². The molecule has 0 bridgehead atoms. The van der Waals surface area contributed by atoms with Gasteiger partial charge in [-0.05, 0) is 30.7 Å². The maximum Gasteiger partial charge on any atom is 0.254 e. The summed E-state index contributed by atoms with van der Waals surface area (Å²) in [5.41, 5.74) is 1.63. The molecule has 1 aliphatic heterocycles. The first-order chi connectivity index (χ1) is 7.68. The third-order valence-corrected chi connectivity index (χ3v) is 3.13. The van der Waals surface area contributed by atoms with Gasteiger partial charge in [0.25, 0.3) is 5.91 Å². The van der Waals surface area contributed by atoms with Crippen LogP contribution in [-0.2, 0) is 4.74 Å². The number of carbonyl (C=O) groups is 1. The molecule has 0 aromatic heterocycles. The van der Waals surface area contributed by atoms with Crippen molar-refractivity contribution in [2.45, 2.75) is 6.92 Å². The lowest BCUT2D eigenvalue weighted by atomic mass is 10.1. The van der Waals surface area contributed by atoms with E-state index in [1.165, 1.54) is 0 Å². The van der Waals surface area contributed by atoms with Crippen LogP contribution in [0.2, 0.25) is 5.02 Å². The molecule has 1 heterocycles. The van der Waals surface area contributed by atoms with Gasteiger partial charge in [0.1, 0.15) is 0 Å². The van der Waals surface area contributed by atoms with E-state index in [1.807, 2.05) is 17.9 Å². The molecule has 0 radical (unpaired) electrons. The van der Waals surface area contributed by atoms with E-state index in [0.717, 1.165) is 5.56 Å². The fourth-order valence-electron chi connectivity index (χ4n) is 1.73. The van der Waals surface area contributed by atoms with Crippen molar-refractivity contribution in [3.05, 3.63) is 34.3 Å². The van der Waals surface area contributed by atoms with E-state index in [4.69, 9.17) is 16.3 Å². The molecule has 0 atom stereocenters. The summed E-state index contributed by atoms with van der Waals surface area (Å²) in [7, 11) is 0. The maximum atomic E-state index is 12.1. The highest BCUT2D eigenvalue weighted by molar-refractivity contribution is 6.31. The second-order valence-electron chi connectivity index (χ2n) is 3.87. The molecule has 4 heteroatoms. The quantitative estimate of drug-likeness (QED) is 0.751. The summed E-state index contributed by atoms with van der Waals surface area (Å²) in [4.78, 5) is 13.9. The zero-order chi connectivity index (χ0) is 11.5. The van der Waals surface area contributed by atoms with Gasteiger partial charge < -0.3 is 9.64 Å². The number of nitrogens with zero attached hydrogens (tertiary/aromatic N) is 1. The number of hydrogen-bond acceptors (Lipinski definition) is 2. The summed E-state index contributed by atoms with van der Waals surface area (Å²) in [5, 5.41) is 0.693. The van der Waals surface area contributed by atoms with Crippen LogP contribution in [0.1, 0.15) is 15.9 Å². The zero-order valence-corrected chi connectivity index (χ0v) is 9.96. The molecule has 0 N–H and O–H groups in total. The highest BCUT2D eigenvalue weighted by atomic mass is 35.5. The van der Waals surface area contributed by atoms with Gasteiger partial charge in [-0.25, -0.2) is 0 Å². The standard InChI is InChI=1S/C12H14ClNO2/c1-9-8-10(2-3-11(9)13)12(15)14-4-6-16-7-5-14/h2-3,8H,4-7H2,1H3. The minimum Gasteiger partial charge on any atom is -0.378 e. The van der Waals surface area contributed by atoms with Gasteiger partial charge in [0.2, 0.25) is 0 Å². The number of aryl methyl sites for hydroxylation is 1. The van der Waals surface area contributed by atoms with Gasteiger partial charge in [0, 0.05) is 23.7 Å². The van der Waals surface area contributed by atoms with Crippen LogP contribution >= 0.6 is 11.6 Å². The van der Waals surface area contributed by atoms with E-state index in [2.05, 4.69) is 0 Å². The number of amides is 1. The van der Waals surface area contributed by atoms with E-state index < -0.39 is 0 Å². The van der Waals surface area contributed by atoms with Gasteiger partial charge in [-0.3, -0.25) is 4.79 Å². The lowest BCUT2D eigenvalue weighted by Gasteiger charge is -2.27. The monoisotopic (exact) mass is 239 g/mol. The minimum absolute atomic E-state index is 0.0584. The Balaban J connectivity index is 2.16. The van der Waals surface area contributed by atoms with E-state index in [-0.39, 0.29) is 5.91 Å². The predicted molar refractivity (Wildman–Crippen MR) is 62.9 cm³/mol. The lowest BCUT2D eigenvalue weighted by Crippen LogP contribution is -2.40. The van der Waals surface area contributed by atoms with Crippen LogP contribution in [0.15, 0.2) is 18.2 Å². The van der Waals surface area contributed by atoms with E-state index in [9.17, 15) is 4.79 Å². The van der Waals surface area contributed by atoms with Gasteiger partial charge in [0.05, 0.1) is 13.2 Å². The molecule has 3 nitrogen and oxygen atoms in total. The Bertz CT molecular complexity index is 400. The lowest BCUT2D eigenvalue weighted by molar-refractivity contribution is 0.0303. The van der Waals surface area contributed by atoms with Crippen LogP contribution in [0.3, 0.4) is 0 Å². The maximum absolute atomic E-state index is 12.1. The molecule has 0 spiro atoms. The van der Waals surface area contributed by atoms with Crippen molar-refractivity contribution in [3.63, 3.8) is 0 Å². The highest BCUT2D eigenvalue weighted by Gasteiger charge is 2.18. The first-order valence-corrected chi connectivity index (χ1v) is 5.69. The molecule has 1 aromatic rings. The first-order valence-electron chi connectivity index (χ1n) is 5.31. The number of ether oxygens (including phenoxy) is 1. The molecule has 16 heavy (non-hydrogen) atoms. The van der Waals surface area contributed by atoms with Gasteiger partial charge in [-0.1, -0.05) is 11.6 Å². The second-order valence-corrected chi connectivity index (χ2v) is 4.28. The number of halogens is 1. The first kappa shape index (κ1) is 11.4. The Kier molecular flexibility index (Phi) is 3.46. The van der Waals surface area contributed by atoms with Crippen LogP contribution in [0.25, 0.3) is 0 Å². The Labute approximate surface area is 100.0 Å². The summed E-state index contributed by atoms with van der Waals surface area (Å²) < 4.78 is 5.21. The third kappa shape index (κ3) is 2.36. The molecule has 1 fully saturated rings. The molecular weight excluding hydrogens is 226 g/mol. The van der Waals surface area contributed by atoms with Gasteiger partial charge >= 0.3 is 0 Å². The highest BCUT2D eigenvalue weighted by Crippen LogP contribution is 2.17. The van der Waals surface area contributed by atoms with Crippen molar-refractivity contribution in [1.82, 2.24) is 4.90 Å². The van der Waals surface area contributed by atoms with Crippen LogP contribution in [0.4, 0.5) is 0 Å². The fraction of sp³-hybridized carbons (Fsp3) is 0.417. The summed E-state index contributed by atoms with van der Waals surface area (Å²) in [6.45, 7) is 4.48. The van der Waals surface area contributed by atoms with Crippen molar-refractivity contribution in [2.24, 2.45) is 0 Å². The summed E-state index contributed by atoms with van der Waals surface area (Å²) in [5.74, 6) is 0.0584. The molecule has 0 saturated carbocycles. The number of rotatable bonds is 1. The summed E-state index contributed by atoms with van der Waals surface area (Å²) >= 11 is 5.93. The Morgan fingerprint density at radius 3 is 2.69 bits per heavy atom. The number of morpholine rings is 1. The van der Waals surface area contributed by atoms with Crippen molar-refractivity contribution in [1.29, 1.82) is 0 Å². The van der Waals surface area contributed by atoms with Gasteiger partial charge in [-0.15, -0.1) is 0 Å². The minimum atomic E-state index is 0.0584. The molecular formula is C12H14ClNO2. The number of hydrogen-bond donors (Lipinski definition) is 0. The number of carbonyl (C=O) groups excluding carboxylic acids is 1. The largest absolute Gasteiger partial charge is 0.378 e. The summed E-state index contributed by atoms with van der Waals surface area (Å²) in [6, 6.07) is 5.37. The normalized spacial score (nSPS) is 16.2. The molecule has 1 aromatic carbocycles. The molecule has 1 saturated heterocycles. The van der Waals surface area contributed by atoms with Crippen LogP contribution in [0.5, 0.6) is 0 Å². The predicted octanol–water partition coefficient (Wildman–Crippen LogP) is 2.12. The number of benzene rings is 1. The summed E-state index contributed by atoms with van der Waals surface area (Å²) in [6.07, 6.45) is 0. The zero-order valence-electron chi connectivity index (χ0n) is 9.20. The third-order valence-electron chi connectivity index (χ3n) is 2.70. The average Bonchev–Trinajstić information content (AvgIpc) is 2.33. The molecule has 0 unspecified atom stereocenters. The van der Waals surface area contributed by atoms with Gasteiger partial charge in [-0.2, -0.15) is 0 Å². The van der Waals surface area contributed by atoms with E-state index in [0.29, 0.717) is 36.9 Å². The second kappa shape index (κ2) is 4.85. The molecule has 1 aliphatic rings. The molecule has 86 valence electrons. The molecule has 0 aliphatic carbocycles. The van der Waals surface area contributed by atoms with E-state index in [1.54, 1.807) is 12.1 Å². The van der Waals surface area contributed by atoms with Crippen molar-refractivity contribution >= 4 is 17.5 Å². The smallest absolute Gasteiger partial charge is 0.254 e. The molecule has 1 amide bonds. The Morgan fingerprint density at radius 1 is 1.38 bits per heavy atom. The molecule has 2 rings (SSSR count). The van der Waals surface area contributed by atoms with Crippen LogP contribution in [0, 0.1) is 6.92 Å². The van der Waals surface area contributed by atoms with Crippen LogP contribution < -0.4 is 0 Å². The van der Waals surface area contributed by atoms with Crippen LogP contribution in [-0.4, -0.2) is 37.1 Å². The Morgan fingerprint density at radius 2 is 2.06 bits per heavy atom. The average molecular weight is 240 g/mol.